The topological polar surface area (TPSA) is 87.7 Å². The van der Waals surface area contributed by atoms with Crippen LogP contribution in [0.1, 0.15) is 78.5 Å². The highest BCUT2D eigenvalue weighted by molar-refractivity contribution is 5.92. The van der Waals surface area contributed by atoms with Crippen LogP contribution in [0.15, 0.2) is 24.3 Å². The van der Waals surface area contributed by atoms with E-state index in [0.29, 0.717) is 0 Å². The zero-order valence-corrected chi connectivity index (χ0v) is 19.8. The third-order valence-corrected chi connectivity index (χ3v) is 4.96. The number of rotatable bonds is 8. The van der Waals surface area contributed by atoms with Crippen molar-refractivity contribution < 1.29 is 19.1 Å². The van der Waals surface area contributed by atoms with E-state index in [4.69, 9.17) is 4.74 Å². The van der Waals surface area contributed by atoms with Gasteiger partial charge in [-0.15, -0.1) is 0 Å². The van der Waals surface area contributed by atoms with Gasteiger partial charge in [-0.3, -0.25) is 9.59 Å². The van der Waals surface area contributed by atoms with Crippen molar-refractivity contribution in [2.45, 2.75) is 97.5 Å². The molecule has 0 bridgehead atoms. The largest absolute Gasteiger partial charge is 0.444 e. The fourth-order valence-corrected chi connectivity index (χ4v) is 3.38. The second-order valence-electron chi connectivity index (χ2n) is 9.51. The number of nitrogens with one attached hydrogen (secondary N) is 2. The van der Waals surface area contributed by atoms with E-state index >= 15 is 0 Å². The second-order valence-corrected chi connectivity index (χ2v) is 9.51. The summed E-state index contributed by atoms with van der Waals surface area (Å²) in [6.45, 7) is 12.8. The number of nitrogens with zero attached hydrogens (tertiary/aromatic N) is 1. The Morgan fingerprint density at radius 1 is 1.06 bits per heavy atom. The van der Waals surface area contributed by atoms with Crippen molar-refractivity contribution in [1.82, 2.24) is 15.5 Å². The molecule has 1 aromatic rings. The molecule has 31 heavy (non-hydrogen) atoms. The molecule has 2 rings (SSSR count). The molecular formula is C24H37N3O4. The number of aryl methyl sites for hydroxylation is 1. The van der Waals surface area contributed by atoms with E-state index in [1.54, 1.807) is 32.6 Å². The van der Waals surface area contributed by atoms with E-state index < -0.39 is 23.8 Å². The molecule has 1 aliphatic rings. The molecule has 1 aromatic carbocycles. The SMILES string of the molecule is CCc1ccc(C(C(=O)NC(C)C)N(C(=O)C(C)NC(=O)OC(C)(C)C)C2CC2)cc1. The number of alkyl carbamates (subject to hydrolysis) is 1. The first-order valence-electron chi connectivity index (χ1n) is 11.1. The lowest BCUT2D eigenvalue weighted by molar-refractivity contribution is -0.143. The standard InChI is InChI=1S/C24H37N3O4/c1-8-17-9-11-18(12-10-17)20(21(28)25-15(2)3)27(19-13-14-19)22(29)16(4)26-23(30)31-24(5,6)7/h9-12,15-16,19-20H,8,13-14H2,1-7H3,(H,25,28)(H,26,30). The predicted molar refractivity (Wildman–Crippen MR) is 121 cm³/mol. The van der Waals surface area contributed by atoms with Crippen LogP contribution >= 0.6 is 0 Å². The van der Waals surface area contributed by atoms with Crippen LogP contribution in [0.25, 0.3) is 0 Å². The van der Waals surface area contributed by atoms with Crippen LogP contribution in [0.2, 0.25) is 0 Å². The van der Waals surface area contributed by atoms with Crippen molar-refractivity contribution >= 4 is 17.9 Å². The third kappa shape index (κ3) is 7.26. The molecule has 0 saturated heterocycles. The van der Waals surface area contributed by atoms with E-state index in [-0.39, 0.29) is 23.9 Å². The van der Waals surface area contributed by atoms with Gasteiger partial charge < -0.3 is 20.3 Å². The Bertz CT molecular complexity index is 779. The van der Waals surface area contributed by atoms with E-state index in [1.165, 1.54) is 0 Å². The number of hydrogen-bond donors (Lipinski definition) is 2. The highest BCUT2D eigenvalue weighted by Crippen LogP contribution is 2.35. The Morgan fingerprint density at radius 2 is 1.65 bits per heavy atom. The monoisotopic (exact) mass is 431 g/mol. The number of amides is 3. The summed E-state index contributed by atoms with van der Waals surface area (Å²) < 4.78 is 5.29. The van der Waals surface area contributed by atoms with Crippen molar-refractivity contribution in [3.63, 3.8) is 0 Å². The summed E-state index contributed by atoms with van der Waals surface area (Å²) in [7, 11) is 0. The minimum atomic E-state index is -0.820. The van der Waals surface area contributed by atoms with Crippen LogP contribution in [0.4, 0.5) is 4.79 Å². The Morgan fingerprint density at radius 3 is 2.10 bits per heavy atom. The van der Waals surface area contributed by atoms with Crippen LogP contribution in [0, 0.1) is 0 Å². The lowest BCUT2D eigenvalue weighted by Crippen LogP contribution is -2.53. The molecule has 0 radical (unpaired) electrons. The second kappa shape index (κ2) is 10.2. The van der Waals surface area contributed by atoms with Crippen LogP contribution in [0.5, 0.6) is 0 Å². The van der Waals surface area contributed by atoms with Crippen molar-refractivity contribution in [2.24, 2.45) is 0 Å². The quantitative estimate of drug-likeness (QED) is 0.657. The maximum atomic E-state index is 13.4. The first-order valence-corrected chi connectivity index (χ1v) is 11.1. The fourth-order valence-electron chi connectivity index (χ4n) is 3.38. The summed E-state index contributed by atoms with van der Waals surface area (Å²) in [5, 5.41) is 5.57. The molecule has 7 heteroatoms. The van der Waals surface area contributed by atoms with Gasteiger partial charge in [0, 0.05) is 12.1 Å². The predicted octanol–water partition coefficient (Wildman–Crippen LogP) is 3.72. The summed E-state index contributed by atoms with van der Waals surface area (Å²) in [6, 6.07) is 6.15. The minimum Gasteiger partial charge on any atom is -0.444 e. The number of carbonyl (C=O) groups is 3. The number of carbonyl (C=O) groups excluding carboxylic acids is 3. The maximum Gasteiger partial charge on any atom is 0.408 e. The van der Waals surface area contributed by atoms with Crippen LogP contribution in [0.3, 0.4) is 0 Å². The third-order valence-electron chi connectivity index (χ3n) is 4.96. The van der Waals surface area contributed by atoms with Crippen LogP contribution < -0.4 is 10.6 Å². The first-order chi connectivity index (χ1) is 14.4. The summed E-state index contributed by atoms with van der Waals surface area (Å²) >= 11 is 0. The number of benzene rings is 1. The molecule has 2 unspecified atom stereocenters. The summed E-state index contributed by atoms with van der Waals surface area (Å²) in [6.07, 6.45) is 1.91. The smallest absolute Gasteiger partial charge is 0.408 e. The Labute approximate surface area is 185 Å². The van der Waals surface area contributed by atoms with Crippen molar-refractivity contribution in [1.29, 1.82) is 0 Å². The van der Waals surface area contributed by atoms with Crippen LogP contribution in [-0.2, 0) is 20.7 Å². The maximum absolute atomic E-state index is 13.4. The molecular weight excluding hydrogens is 394 g/mol. The van der Waals surface area contributed by atoms with Gasteiger partial charge >= 0.3 is 6.09 Å². The highest BCUT2D eigenvalue weighted by Gasteiger charge is 2.43. The van der Waals surface area contributed by atoms with Crippen molar-refractivity contribution in [3.05, 3.63) is 35.4 Å². The molecule has 3 amide bonds. The number of hydrogen-bond acceptors (Lipinski definition) is 4. The molecule has 0 spiro atoms. The first kappa shape index (κ1) is 24.7. The molecule has 172 valence electrons. The normalized spacial score (nSPS) is 15.7. The minimum absolute atomic E-state index is 0.0239. The Balaban J connectivity index is 2.31. The van der Waals surface area contributed by atoms with Crippen molar-refractivity contribution in [2.75, 3.05) is 0 Å². The van der Waals surface area contributed by atoms with Gasteiger partial charge in [-0.1, -0.05) is 31.2 Å². The van der Waals surface area contributed by atoms with Gasteiger partial charge in [0.1, 0.15) is 17.7 Å². The average Bonchev–Trinajstić information content (AvgIpc) is 3.48. The lowest BCUT2D eigenvalue weighted by atomic mass is 10.00. The lowest BCUT2D eigenvalue weighted by Gasteiger charge is -2.34. The molecule has 2 N–H and O–H groups in total. The molecule has 7 nitrogen and oxygen atoms in total. The molecule has 1 aliphatic carbocycles. The van der Waals surface area contributed by atoms with E-state index in [9.17, 15) is 14.4 Å². The van der Waals surface area contributed by atoms with E-state index in [0.717, 1.165) is 30.4 Å². The van der Waals surface area contributed by atoms with Gasteiger partial charge in [-0.25, -0.2) is 4.79 Å². The van der Waals surface area contributed by atoms with E-state index in [1.807, 2.05) is 38.1 Å². The molecule has 0 aromatic heterocycles. The average molecular weight is 432 g/mol. The molecule has 1 fully saturated rings. The summed E-state index contributed by atoms with van der Waals surface area (Å²) in [5.41, 5.74) is 1.26. The zero-order chi connectivity index (χ0) is 23.3. The van der Waals surface area contributed by atoms with Gasteiger partial charge in [-0.05, 0) is 71.9 Å². The zero-order valence-electron chi connectivity index (χ0n) is 19.8. The summed E-state index contributed by atoms with van der Waals surface area (Å²) in [5.74, 6) is -0.513. The van der Waals surface area contributed by atoms with Crippen molar-refractivity contribution in [3.8, 4) is 0 Å². The Hall–Kier alpha value is -2.57. The Kier molecular flexibility index (Phi) is 8.09. The van der Waals surface area contributed by atoms with E-state index in [2.05, 4.69) is 17.6 Å². The number of ether oxygens (including phenoxy) is 1. The molecule has 2 atom stereocenters. The molecule has 0 aliphatic heterocycles. The molecule has 1 saturated carbocycles. The summed E-state index contributed by atoms with van der Waals surface area (Å²) in [4.78, 5) is 40.5. The highest BCUT2D eigenvalue weighted by atomic mass is 16.6. The van der Waals surface area contributed by atoms with Gasteiger partial charge in [0.25, 0.3) is 0 Å². The van der Waals surface area contributed by atoms with Gasteiger partial charge in [-0.2, -0.15) is 0 Å². The van der Waals surface area contributed by atoms with Crippen LogP contribution in [-0.4, -0.2) is 46.5 Å². The molecule has 0 heterocycles. The van der Waals surface area contributed by atoms with Gasteiger partial charge in [0.05, 0.1) is 0 Å². The van der Waals surface area contributed by atoms with Gasteiger partial charge in [0.15, 0.2) is 0 Å². The fraction of sp³-hybridized carbons (Fsp3) is 0.625. The van der Waals surface area contributed by atoms with Gasteiger partial charge in [0.2, 0.25) is 11.8 Å².